The number of aryl methyl sites for hydroxylation is 1. The first-order chi connectivity index (χ1) is 7.04. The molecule has 0 bridgehead atoms. The van der Waals surface area contributed by atoms with Crippen molar-refractivity contribution in [1.29, 1.82) is 5.26 Å². The van der Waals surface area contributed by atoms with Crippen LogP contribution in [-0.2, 0) is 0 Å². The Hall–Kier alpha value is -1.08. The summed E-state index contributed by atoms with van der Waals surface area (Å²) in [5.74, 6) is 0.915. The van der Waals surface area contributed by atoms with Crippen LogP contribution >= 0.6 is 15.9 Å². The van der Waals surface area contributed by atoms with Crippen molar-refractivity contribution in [3.63, 3.8) is 0 Å². The maximum Gasteiger partial charge on any atom is 0.128 e. The van der Waals surface area contributed by atoms with E-state index in [9.17, 15) is 0 Å². The fraction of sp³-hybridized carbons (Fsp3) is 0.455. The van der Waals surface area contributed by atoms with E-state index in [-0.39, 0.29) is 5.92 Å². The Morgan fingerprint density at radius 1 is 1.67 bits per heavy atom. The first-order valence-corrected chi connectivity index (χ1v) is 5.56. The molecule has 3 nitrogen and oxygen atoms in total. The Labute approximate surface area is 98.9 Å². The second-order valence-corrected chi connectivity index (χ2v) is 4.56. The summed E-state index contributed by atoms with van der Waals surface area (Å²) in [5, 5.41) is 8.72. The van der Waals surface area contributed by atoms with E-state index in [4.69, 9.17) is 5.26 Å². The third-order valence-corrected chi connectivity index (χ3v) is 3.02. The van der Waals surface area contributed by atoms with Crippen LogP contribution in [0.2, 0.25) is 0 Å². The summed E-state index contributed by atoms with van der Waals surface area (Å²) in [5.41, 5.74) is 1.15. The molecule has 1 atom stereocenters. The molecule has 1 rings (SSSR count). The number of hydrogen-bond donors (Lipinski definition) is 0. The maximum atomic E-state index is 8.72. The van der Waals surface area contributed by atoms with Crippen LogP contribution in [0.5, 0.6) is 0 Å². The molecule has 1 aromatic rings. The van der Waals surface area contributed by atoms with Gasteiger partial charge in [-0.2, -0.15) is 5.26 Å². The molecule has 1 heterocycles. The first-order valence-electron chi connectivity index (χ1n) is 4.77. The summed E-state index contributed by atoms with van der Waals surface area (Å²) >= 11 is 3.41. The average Bonchev–Trinajstić information content (AvgIpc) is 2.21. The molecule has 0 aliphatic carbocycles. The monoisotopic (exact) mass is 267 g/mol. The lowest BCUT2D eigenvalue weighted by molar-refractivity contribution is 0.710. The lowest BCUT2D eigenvalue weighted by Crippen LogP contribution is -2.24. The van der Waals surface area contributed by atoms with E-state index in [1.807, 2.05) is 31.9 Å². The van der Waals surface area contributed by atoms with Crippen LogP contribution in [0, 0.1) is 24.2 Å². The lowest BCUT2D eigenvalue weighted by atomic mass is 10.2. The number of hydrogen-bond acceptors (Lipinski definition) is 3. The molecule has 0 radical (unpaired) electrons. The van der Waals surface area contributed by atoms with Crippen molar-refractivity contribution in [2.75, 3.05) is 18.5 Å². The van der Waals surface area contributed by atoms with E-state index < -0.39 is 0 Å². The fourth-order valence-corrected chi connectivity index (χ4v) is 1.50. The van der Waals surface area contributed by atoms with Crippen LogP contribution in [0.3, 0.4) is 0 Å². The summed E-state index contributed by atoms with van der Waals surface area (Å²) in [6.45, 7) is 4.63. The van der Waals surface area contributed by atoms with Gasteiger partial charge >= 0.3 is 0 Å². The van der Waals surface area contributed by atoms with Gasteiger partial charge in [0.25, 0.3) is 0 Å². The molecule has 0 fully saturated rings. The molecule has 0 spiro atoms. The third-order valence-electron chi connectivity index (χ3n) is 2.19. The van der Waals surface area contributed by atoms with Gasteiger partial charge < -0.3 is 4.90 Å². The van der Waals surface area contributed by atoms with E-state index in [1.54, 1.807) is 6.20 Å². The van der Waals surface area contributed by atoms with Crippen molar-refractivity contribution in [2.45, 2.75) is 13.8 Å². The van der Waals surface area contributed by atoms with Crippen molar-refractivity contribution < 1.29 is 0 Å². The molecular weight excluding hydrogens is 254 g/mol. The lowest BCUT2D eigenvalue weighted by Gasteiger charge is -2.19. The zero-order valence-electron chi connectivity index (χ0n) is 9.16. The third kappa shape index (κ3) is 3.21. The van der Waals surface area contributed by atoms with Gasteiger partial charge in [-0.3, -0.25) is 0 Å². The minimum Gasteiger partial charge on any atom is -0.358 e. The highest BCUT2D eigenvalue weighted by atomic mass is 79.9. The van der Waals surface area contributed by atoms with Crippen molar-refractivity contribution in [1.82, 2.24) is 4.98 Å². The van der Waals surface area contributed by atoms with Crippen LogP contribution in [0.15, 0.2) is 16.7 Å². The number of rotatable bonds is 3. The van der Waals surface area contributed by atoms with Crippen LogP contribution in [0.25, 0.3) is 0 Å². The minimum atomic E-state index is 0.0146. The predicted octanol–water partition coefficient (Wildman–Crippen LogP) is 2.75. The molecule has 0 N–H and O–H groups in total. The van der Waals surface area contributed by atoms with E-state index in [0.29, 0.717) is 6.54 Å². The Bertz CT molecular complexity index is 384. The molecule has 0 saturated heterocycles. The molecule has 80 valence electrons. The van der Waals surface area contributed by atoms with Crippen LogP contribution in [-0.4, -0.2) is 18.6 Å². The Morgan fingerprint density at radius 2 is 2.33 bits per heavy atom. The SMILES string of the molecule is Cc1cc(N(C)CC(C)C#N)ncc1Br. The highest BCUT2D eigenvalue weighted by molar-refractivity contribution is 9.10. The number of aromatic nitrogens is 1. The smallest absolute Gasteiger partial charge is 0.128 e. The normalized spacial score (nSPS) is 11.9. The van der Waals surface area contributed by atoms with E-state index in [0.717, 1.165) is 15.9 Å². The molecule has 0 amide bonds. The number of anilines is 1. The van der Waals surface area contributed by atoms with Crippen LogP contribution < -0.4 is 4.90 Å². The minimum absolute atomic E-state index is 0.0146. The summed E-state index contributed by atoms with van der Waals surface area (Å²) in [6.07, 6.45) is 1.79. The second-order valence-electron chi connectivity index (χ2n) is 3.70. The van der Waals surface area contributed by atoms with Gasteiger partial charge in [-0.25, -0.2) is 4.98 Å². The van der Waals surface area contributed by atoms with Gasteiger partial charge in [0, 0.05) is 24.3 Å². The van der Waals surface area contributed by atoms with E-state index >= 15 is 0 Å². The summed E-state index contributed by atoms with van der Waals surface area (Å²) in [7, 11) is 1.95. The highest BCUT2D eigenvalue weighted by Gasteiger charge is 2.08. The Morgan fingerprint density at radius 3 is 2.87 bits per heavy atom. The number of nitrogens with zero attached hydrogens (tertiary/aromatic N) is 3. The molecule has 15 heavy (non-hydrogen) atoms. The van der Waals surface area contributed by atoms with Crippen molar-refractivity contribution >= 4 is 21.7 Å². The van der Waals surface area contributed by atoms with Crippen LogP contribution in [0.4, 0.5) is 5.82 Å². The summed E-state index contributed by atoms with van der Waals surface area (Å²) in [4.78, 5) is 6.29. The average molecular weight is 268 g/mol. The number of pyridine rings is 1. The maximum absolute atomic E-state index is 8.72. The van der Waals surface area contributed by atoms with Gasteiger partial charge in [-0.1, -0.05) is 0 Å². The molecule has 0 aromatic carbocycles. The highest BCUT2D eigenvalue weighted by Crippen LogP contribution is 2.19. The molecule has 0 aliphatic heterocycles. The largest absolute Gasteiger partial charge is 0.358 e. The molecule has 1 aromatic heterocycles. The van der Waals surface area contributed by atoms with Crippen LogP contribution in [0.1, 0.15) is 12.5 Å². The standard InChI is InChI=1S/C11H14BrN3/c1-8(5-13)7-15(3)11-4-9(2)10(12)6-14-11/h4,6,8H,7H2,1-3H3. The molecule has 1 unspecified atom stereocenters. The van der Waals surface area contributed by atoms with Gasteiger partial charge in [0.2, 0.25) is 0 Å². The second kappa shape index (κ2) is 5.13. The van der Waals surface area contributed by atoms with Crippen molar-refractivity contribution in [3.8, 4) is 6.07 Å². The zero-order valence-corrected chi connectivity index (χ0v) is 10.7. The summed E-state index contributed by atoms with van der Waals surface area (Å²) < 4.78 is 1.01. The quantitative estimate of drug-likeness (QED) is 0.846. The molecular formula is C11H14BrN3. The van der Waals surface area contributed by atoms with E-state index in [1.165, 1.54) is 0 Å². The topological polar surface area (TPSA) is 39.9 Å². The Kier molecular flexibility index (Phi) is 4.10. The van der Waals surface area contributed by atoms with Gasteiger partial charge in [-0.05, 0) is 41.4 Å². The van der Waals surface area contributed by atoms with Gasteiger partial charge in [-0.15, -0.1) is 0 Å². The molecule has 4 heteroatoms. The first kappa shape index (κ1) is 12.0. The zero-order chi connectivity index (χ0) is 11.4. The van der Waals surface area contributed by atoms with Gasteiger partial charge in [0.1, 0.15) is 5.82 Å². The van der Waals surface area contributed by atoms with E-state index in [2.05, 4.69) is 27.0 Å². The van der Waals surface area contributed by atoms with Gasteiger partial charge in [0.05, 0.1) is 12.0 Å². The van der Waals surface area contributed by atoms with Gasteiger partial charge in [0.15, 0.2) is 0 Å². The molecule has 0 saturated carbocycles. The van der Waals surface area contributed by atoms with Crippen molar-refractivity contribution in [2.24, 2.45) is 5.92 Å². The van der Waals surface area contributed by atoms with Crippen molar-refractivity contribution in [3.05, 3.63) is 22.3 Å². The summed E-state index contributed by atoms with van der Waals surface area (Å²) in [6, 6.07) is 4.22. The number of halogens is 1. The predicted molar refractivity (Wildman–Crippen MR) is 64.7 cm³/mol. The fourth-order valence-electron chi connectivity index (χ4n) is 1.28. The molecule has 0 aliphatic rings. The number of nitriles is 1. The Balaban J connectivity index is 2.79.